The number of allylic oxidation sites excluding steroid dienone is 2. The van der Waals surface area contributed by atoms with E-state index in [1.54, 1.807) is 24.3 Å². The molecule has 1 fully saturated rings. The van der Waals surface area contributed by atoms with Gasteiger partial charge in [0.2, 0.25) is 9.84 Å². The Labute approximate surface area is 95.9 Å². The fourth-order valence-electron chi connectivity index (χ4n) is 2.55. The average molecular weight is 234 g/mol. The van der Waals surface area contributed by atoms with Crippen LogP contribution in [0.1, 0.15) is 19.3 Å². The maximum atomic E-state index is 12.4. The van der Waals surface area contributed by atoms with E-state index in [9.17, 15) is 8.42 Å². The topological polar surface area (TPSA) is 34.1 Å². The van der Waals surface area contributed by atoms with E-state index in [2.05, 4.69) is 0 Å². The second-order valence-electron chi connectivity index (χ2n) is 4.60. The molecule has 0 saturated heterocycles. The van der Waals surface area contributed by atoms with Crippen LogP contribution >= 0.6 is 0 Å². The van der Waals surface area contributed by atoms with Crippen LogP contribution in [0.25, 0.3) is 0 Å². The fraction of sp³-hybridized carbons (Fsp3) is 0.385. The van der Waals surface area contributed by atoms with Gasteiger partial charge < -0.3 is 0 Å². The highest BCUT2D eigenvalue weighted by atomic mass is 32.2. The highest BCUT2D eigenvalue weighted by Crippen LogP contribution is 2.52. The molecular formula is C13H14O2S. The molecule has 0 aromatic heterocycles. The van der Waals surface area contributed by atoms with Crippen molar-refractivity contribution in [1.29, 1.82) is 0 Å². The van der Waals surface area contributed by atoms with Gasteiger partial charge in [0.1, 0.15) is 0 Å². The average Bonchev–Trinajstić information content (AvgIpc) is 3.08. The molecule has 3 rings (SSSR count). The van der Waals surface area contributed by atoms with Crippen LogP contribution in [0.2, 0.25) is 0 Å². The van der Waals surface area contributed by atoms with Gasteiger partial charge in [-0.2, -0.15) is 0 Å². The molecule has 0 spiro atoms. The zero-order valence-electron chi connectivity index (χ0n) is 8.96. The van der Waals surface area contributed by atoms with Gasteiger partial charge in [-0.3, -0.25) is 0 Å². The third kappa shape index (κ3) is 1.50. The van der Waals surface area contributed by atoms with E-state index < -0.39 is 9.84 Å². The van der Waals surface area contributed by atoms with Crippen molar-refractivity contribution in [1.82, 2.24) is 0 Å². The molecule has 2 atom stereocenters. The molecule has 16 heavy (non-hydrogen) atoms. The van der Waals surface area contributed by atoms with E-state index in [0.29, 0.717) is 21.6 Å². The zero-order valence-corrected chi connectivity index (χ0v) is 9.78. The lowest BCUT2D eigenvalue weighted by Crippen LogP contribution is -2.09. The standard InChI is InChI=1S/C13H14O2S/c14-16(15,11-6-2-1-3-7-11)13-8-4-5-10-9-12(10)13/h1-3,6-8,10,12H,4-5,9H2. The maximum Gasteiger partial charge on any atom is 0.202 e. The largest absolute Gasteiger partial charge is 0.219 e. The van der Waals surface area contributed by atoms with E-state index >= 15 is 0 Å². The van der Waals surface area contributed by atoms with Gasteiger partial charge >= 0.3 is 0 Å². The minimum Gasteiger partial charge on any atom is -0.219 e. The summed E-state index contributed by atoms with van der Waals surface area (Å²) >= 11 is 0. The van der Waals surface area contributed by atoms with E-state index in [-0.39, 0.29) is 0 Å². The van der Waals surface area contributed by atoms with Crippen LogP contribution < -0.4 is 0 Å². The summed E-state index contributed by atoms with van der Waals surface area (Å²) in [6.45, 7) is 0. The Morgan fingerprint density at radius 3 is 2.62 bits per heavy atom. The van der Waals surface area contributed by atoms with E-state index in [4.69, 9.17) is 0 Å². The maximum absolute atomic E-state index is 12.4. The summed E-state index contributed by atoms with van der Waals surface area (Å²) in [6, 6.07) is 8.76. The van der Waals surface area contributed by atoms with Gasteiger partial charge in [-0.05, 0) is 43.2 Å². The molecule has 2 unspecified atom stereocenters. The minimum atomic E-state index is -3.21. The van der Waals surface area contributed by atoms with Crippen molar-refractivity contribution in [2.24, 2.45) is 11.8 Å². The molecule has 3 heteroatoms. The van der Waals surface area contributed by atoms with Gasteiger partial charge in [0, 0.05) is 4.91 Å². The van der Waals surface area contributed by atoms with Crippen LogP contribution in [0.4, 0.5) is 0 Å². The fourth-order valence-corrected chi connectivity index (χ4v) is 4.36. The quantitative estimate of drug-likeness (QED) is 0.788. The van der Waals surface area contributed by atoms with Crippen molar-refractivity contribution in [2.45, 2.75) is 24.2 Å². The number of benzene rings is 1. The molecule has 1 aromatic carbocycles. The smallest absolute Gasteiger partial charge is 0.202 e. The van der Waals surface area contributed by atoms with E-state index in [1.807, 2.05) is 12.1 Å². The van der Waals surface area contributed by atoms with Crippen LogP contribution in [0.5, 0.6) is 0 Å². The lowest BCUT2D eigenvalue weighted by Gasteiger charge is -2.12. The number of rotatable bonds is 2. The van der Waals surface area contributed by atoms with Crippen LogP contribution in [0.15, 0.2) is 46.2 Å². The summed E-state index contributed by atoms with van der Waals surface area (Å²) in [5, 5.41) is 0. The predicted octanol–water partition coefficient (Wildman–Crippen LogP) is 2.77. The summed E-state index contributed by atoms with van der Waals surface area (Å²) in [7, 11) is -3.21. The Bertz CT molecular complexity index is 528. The van der Waals surface area contributed by atoms with Crippen LogP contribution in [0.3, 0.4) is 0 Å². The Hall–Kier alpha value is -1.09. The lowest BCUT2D eigenvalue weighted by atomic mass is 10.1. The minimum absolute atomic E-state index is 0.318. The second kappa shape index (κ2) is 3.45. The molecule has 2 nitrogen and oxygen atoms in total. The number of hydrogen-bond acceptors (Lipinski definition) is 2. The molecule has 2 aliphatic rings. The SMILES string of the molecule is O=S(=O)(C1=CCCC2CC12)c1ccccc1. The monoisotopic (exact) mass is 234 g/mol. The normalized spacial score (nSPS) is 28.1. The summed E-state index contributed by atoms with van der Waals surface area (Å²) in [5.74, 6) is 0.956. The van der Waals surface area contributed by atoms with Crippen LogP contribution in [0, 0.1) is 11.8 Å². The first-order valence-corrected chi connectivity index (χ1v) is 7.18. The number of hydrogen-bond donors (Lipinski definition) is 0. The van der Waals surface area contributed by atoms with Crippen LogP contribution in [-0.4, -0.2) is 8.42 Å². The van der Waals surface area contributed by atoms with Crippen molar-refractivity contribution >= 4 is 9.84 Å². The molecule has 0 bridgehead atoms. The Balaban J connectivity index is 2.03. The van der Waals surface area contributed by atoms with Crippen molar-refractivity contribution < 1.29 is 8.42 Å². The zero-order chi connectivity index (χ0) is 11.2. The van der Waals surface area contributed by atoms with Gasteiger partial charge in [0.05, 0.1) is 4.90 Å². The lowest BCUT2D eigenvalue weighted by molar-refractivity contribution is 0.592. The third-order valence-corrected chi connectivity index (χ3v) is 5.52. The molecule has 1 saturated carbocycles. The third-order valence-electron chi connectivity index (χ3n) is 3.53. The van der Waals surface area contributed by atoms with Crippen molar-refractivity contribution in [3.63, 3.8) is 0 Å². The Morgan fingerprint density at radius 1 is 1.12 bits per heavy atom. The highest BCUT2D eigenvalue weighted by Gasteiger charge is 2.46. The summed E-state index contributed by atoms with van der Waals surface area (Å²) < 4.78 is 24.7. The van der Waals surface area contributed by atoms with Crippen molar-refractivity contribution in [3.05, 3.63) is 41.3 Å². The number of fused-ring (bicyclic) bond motifs is 1. The molecule has 0 amide bonds. The summed E-state index contributed by atoms with van der Waals surface area (Å²) in [6.07, 6.45) is 5.08. The second-order valence-corrected chi connectivity index (χ2v) is 6.55. The van der Waals surface area contributed by atoms with Gasteiger partial charge in [0.15, 0.2) is 0 Å². The summed E-state index contributed by atoms with van der Waals surface area (Å²) in [4.78, 5) is 1.11. The highest BCUT2D eigenvalue weighted by molar-refractivity contribution is 7.95. The van der Waals surface area contributed by atoms with Crippen molar-refractivity contribution in [2.75, 3.05) is 0 Å². The molecule has 0 radical (unpaired) electrons. The first-order chi connectivity index (χ1) is 7.69. The van der Waals surface area contributed by atoms with E-state index in [1.165, 1.54) is 6.42 Å². The van der Waals surface area contributed by atoms with Gasteiger partial charge in [-0.25, -0.2) is 8.42 Å². The molecular weight excluding hydrogens is 220 g/mol. The van der Waals surface area contributed by atoms with Gasteiger partial charge in [0.25, 0.3) is 0 Å². The molecule has 84 valence electrons. The summed E-state index contributed by atoms with van der Waals surface area (Å²) in [5.41, 5.74) is 0. The molecule has 2 aliphatic carbocycles. The van der Waals surface area contributed by atoms with Crippen molar-refractivity contribution in [3.8, 4) is 0 Å². The Kier molecular flexibility index (Phi) is 2.18. The van der Waals surface area contributed by atoms with Crippen LogP contribution in [-0.2, 0) is 9.84 Å². The molecule has 0 N–H and O–H groups in total. The van der Waals surface area contributed by atoms with Gasteiger partial charge in [-0.15, -0.1) is 0 Å². The van der Waals surface area contributed by atoms with E-state index in [0.717, 1.165) is 12.8 Å². The number of sulfone groups is 1. The predicted molar refractivity (Wildman–Crippen MR) is 62.5 cm³/mol. The first kappa shape index (κ1) is 10.1. The molecule has 0 aliphatic heterocycles. The first-order valence-electron chi connectivity index (χ1n) is 5.70. The van der Waals surface area contributed by atoms with Gasteiger partial charge in [-0.1, -0.05) is 24.3 Å². The molecule has 0 heterocycles. The molecule has 1 aromatic rings. The Morgan fingerprint density at radius 2 is 1.88 bits per heavy atom.